The molecule has 0 aliphatic heterocycles. The first-order valence-electron chi connectivity index (χ1n) is 21.0. The van der Waals surface area contributed by atoms with Crippen molar-refractivity contribution >= 4 is 17.9 Å². The summed E-state index contributed by atoms with van der Waals surface area (Å²) in [7, 11) is 5.39. The topological polar surface area (TPSA) is 102 Å². The Morgan fingerprint density at radius 3 is 1.56 bits per heavy atom. The number of nitrogens with zero attached hydrogens (tertiary/aromatic N) is 1. The molecule has 0 saturated heterocycles. The van der Waals surface area contributed by atoms with E-state index in [0.29, 0.717) is 12.8 Å². The van der Waals surface area contributed by atoms with Gasteiger partial charge in [0.05, 0.1) is 40.3 Å². The van der Waals surface area contributed by atoms with Crippen molar-refractivity contribution in [2.75, 3.05) is 41.0 Å². The Morgan fingerprint density at radius 2 is 1.04 bits per heavy atom. The number of hydrogen-bond acceptors (Lipinski definition) is 7. The standard InChI is InChI=1S/C44H79NO7/c1-6-8-10-12-14-16-18-19-20-21-22-23-24-25-27-29-31-33-35-43(47)52-40(38-50-37-36-41(44(48)49)45(3,4)5)39-51-42(46)34-32-30-28-26-17-15-13-11-9-7-2/h13,15,20-23,40-41H,6-12,14,16-19,24-39H2,1-5H3/b15-13+,21-20+,23-22+. The van der Waals surface area contributed by atoms with Gasteiger partial charge >= 0.3 is 11.9 Å². The van der Waals surface area contributed by atoms with Crippen LogP contribution >= 0.6 is 0 Å². The van der Waals surface area contributed by atoms with Crippen molar-refractivity contribution in [1.29, 1.82) is 0 Å². The summed E-state index contributed by atoms with van der Waals surface area (Å²) in [6.45, 7) is 4.58. The van der Waals surface area contributed by atoms with Gasteiger partial charge in [0.15, 0.2) is 6.10 Å². The predicted molar refractivity (Wildman–Crippen MR) is 213 cm³/mol. The fourth-order valence-electron chi connectivity index (χ4n) is 5.92. The molecular weight excluding hydrogens is 654 g/mol. The number of aliphatic carboxylic acids is 1. The number of carbonyl (C=O) groups excluding carboxylic acids is 3. The fraction of sp³-hybridized carbons (Fsp3) is 0.795. The van der Waals surface area contributed by atoms with E-state index in [1.807, 2.05) is 0 Å². The molecule has 0 heterocycles. The first-order valence-corrected chi connectivity index (χ1v) is 21.0. The van der Waals surface area contributed by atoms with Gasteiger partial charge in [0.25, 0.3) is 0 Å². The Hall–Kier alpha value is -2.45. The summed E-state index contributed by atoms with van der Waals surface area (Å²) in [5.41, 5.74) is 0. The number of carbonyl (C=O) groups is 3. The molecule has 302 valence electrons. The van der Waals surface area contributed by atoms with Crippen LogP contribution < -0.4 is 5.11 Å². The number of allylic oxidation sites excluding steroid dienone is 6. The first-order chi connectivity index (χ1) is 25.1. The Bertz CT molecular complexity index is 953. The Kier molecular flexibility index (Phi) is 33.9. The van der Waals surface area contributed by atoms with Crippen molar-refractivity contribution in [3.63, 3.8) is 0 Å². The van der Waals surface area contributed by atoms with Crippen molar-refractivity contribution in [2.45, 2.75) is 187 Å². The second kappa shape index (κ2) is 35.6. The number of likely N-dealkylation sites (N-methyl/N-ethyl adjacent to an activating group) is 1. The minimum absolute atomic E-state index is 0.0313. The van der Waals surface area contributed by atoms with Gasteiger partial charge in [-0.25, -0.2) is 0 Å². The summed E-state index contributed by atoms with van der Waals surface area (Å²) in [5.74, 6) is -1.77. The molecule has 0 aliphatic carbocycles. The van der Waals surface area contributed by atoms with Crippen LogP contribution in [0.15, 0.2) is 36.5 Å². The van der Waals surface area contributed by atoms with Gasteiger partial charge in [0.2, 0.25) is 0 Å². The molecule has 2 unspecified atom stereocenters. The lowest BCUT2D eigenvalue weighted by atomic mass is 10.1. The van der Waals surface area contributed by atoms with E-state index >= 15 is 0 Å². The molecule has 8 nitrogen and oxygen atoms in total. The summed E-state index contributed by atoms with van der Waals surface area (Å²) in [5, 5.41) is 11.6. The van der Waals surface area contributed by atoms with E-state index < -0.39 is 18.1 Å². The van der Waals surface area contributed by atoms with Crippen LogP contribution in [-0.2, 0) is 28.6 Å². The molecule has 0 spiro atoms. The highest BCUT2D eigenvalue weighted by atomic mass is 16.6. The number of rotatable bonds is 37. The van der Waals surface area contributed by atoms with Gasteiger partial charge in [0.1, 0.15) is 12.6 Å². The highest BCUT2D eigenvalue weighted by molar-refractivity contribution is 5.70. The number of unbranched alkanes of at least 4 members (excludes halogenated alkanes) is 18. The van der Waals surface area contributed by atoms with E-state index in [1.165, 1.54) is 64.2 Å². The van der Waals surface area contributed by atoms with Gasteiger partial charge < -0.3 is 28.6 Å². The minimum Gasteiger partial charge on any atom is -0.544 e. The summed E-state index contributed by atoms with van der Waals surface area (Å²) >= 11 is 0. The van der Waals surface area contributed by atoms with Crippen molar-refractivity contribution < 1.29 is 38.2 Å². The van der Waals surface area contributed by atoms with Gasteiger partial charge in [-0.3, -0.25) is 9.59 Å². The lowest BCUT2D eigenvalue weighted by Gasteiger charge is -2.34. The van der Waals surface area contributed by atoms with E-state index in [-0.39, 0.29) is 42.7 Å². The highest BCUT2D eigenvalue weighted by Gasteiger charge is 2.25. The van der Waals surface area contributed by atoms with E-state index in [9.17, 15) is 19.5 Å². The monoisotopic (exact) mass is 734 g/mol. The third-order valence-corrected chi connectivity index (χ3v) is 9.28. The van der Waals surface area contributed by atoms with Gasteiger partial charge in [-0.05, 0) is 57.8 Å². The molecule has 2 atom stereocenters. The molecule has 0 aliphatic rings. The molecule has 0 aromatic heterocycles. The van der Waals surface area contributed by atoms with Crippen LogP contribution in [0.3, 0.4) is 0 Å². The van der Waals surface area contributed by atoms with E-state index in [2.05, 4.69) is 50.3 Å². The second-order valence-corrected chi connectivity index (χ2v) is 15.2. The fourth-order valence-corrected chi connectivity index (χ4v) is 5.92. The molecule has 0 N–H and O–H groups in total. The SMILES string of the molecule is CCCC/C=C/CCCCCCC(=O)OCC(COCCC(C(=O)[O-])[N+](C)(C)C)OC(=O)CCCCCCC/C=C/C=C/CCCCCCCCC. The molecule has 0 fully saturated rings. The van der Waals surface area contributed by atoms with E-state index in [0.717, 1.165) is 77.0 Å². The molecular formula is C44H79NO7. The zero-order valence-electron chi connectivity index (χ0n) is 34.2. The zero-order valence-corrected chi connectivity index (χ0v) is 34.2. The van der Waals surface area contributed by atoms with Crippen LogP contribution in [0.2, 0.25) is 0 Å². The number of carboxylic acid groups (broad SMARTS) is 1. The summed E-state index contributed by atoms with van der Waals surface area (Å²) < 4.78 is 17.1. The highest BCUT2D eigenvalue weighted by Crippen LogP contribution is 2.13. The first kappa shape index (κ1) is 49.6. The van der Waals surface area contributed by atoms with Crippen LogP contribution in [0.1, 0.15) is 174 Å². The van der Waals surface area contributed by atoms with Crippen molar-refractivity contribution in [1.82, 2.24) is 0 Å². The Balaban J connectivity index is 4.38. The number of carboxylic acids is 1. The maximum absolute atomic E-state index is 12.7. The molecule has 52 heavy (non-hydrogen) atoms. The molecule has 8 heteroatoms. The largest absolute Gasteiger partial charge is 0.544 e. The van der Waals surface area contributed by atoms with Gasteiger partial charge in [-0.2, -0.15) is 0 Å². The molecule has 0 aromatic rings. The van der Waals surface area contributed by atoms with Gasteiger partial charge in [-0.15, -0.1) is 0 Å². The van der Waals surface area contributed by atoms with E-state index in [4.69, 9.17) is 14.2 Å². The maximum atomic E-state index is 12.7. The minimum atomic E-state index is -1.13. The second-order valence-electron chi connectivity index (χ2n) is 15.2. The lowest BCUT2D eigenvalue weighted by molar-refractivity contribution is -0.889. The summed E-state index contributed by atoms with van der Waals surface area (Å²) in [6.07, 6.45) is 38.8. The average molecular weight is 734 g/mol. The summed E-state index contributed by atoms with van der Waals surface area (Å²) in [6, 6.07) is -0.728. The lowest BCUT2D eigenvalue weighted by Crippen LogP contribution is -2.55. The molecule has 0 bridgehead atoms. The van der Waals surface area contributed by atoms with Crippen molar-refractivity contribution in [3.05, 3.63) is 36.5 Å². The Morgan fingerprint density at radius 1 is 0.577 bits per heavy atom. The Labute approximate surface area is 319 Å². The molecule has 0 radical (unpaired) electrons. The third-order valence-electron chi connectivity index (χ3n) is 9.28. The smallest absolute Gasteiger partial charge is 0.306 e. The summed E-state index contributed by atoms with van der Waals surface area (Å²) in [4.78, 5) is 36.7. The number of ether oxygens (including phenoxy) is 3. The predicted octanol–water partition coefficient (Wildman–Crippen LogP) is 9.74. The maximum Gasteiger partial charge on any atom is 0.306 e. The van der Waals surface area contributed by atoms with Crippen LogP contribution in [0.5, 0.6) is 0 Å². The molecule has 0 rings (SSSR count). The molecule has 0 aromatic carbocycles. The number of hydrogen-bond donors (Lipinski definition) is 0. The van der Waals surface area contributed by atoms with E-state index in [1.54, 1.807) is 21.1 Å². The number of quaternary nitrogens is 1. The van der Waals surface area contributed by atoms with Gasteiger partial charge in [0, 0.05) is 19.3 Å². The average Bonchev–Trinajstić information content (AvgIpc) is 3.09. The van der Waals surface area contributed by atoms with Crippen LogP contribution in [-0.4, -0.2) is 75.5 Å². The van der Waals surface area contributed by atoms with Crippen LogP contribution in [0.25, 0.3) is 0 Å². The third kappa shape index (κ3) is 33.4. The van der Waals surface area contributed by atoms with Crippen molar-refractivity contribution in [2.24, 2.45) is 0 Å². The quantitative estimate of drug-likeness (QED) is 0.0206. The van der Waals surface area contributed by atoms with Crippen LogP contribution in [0, 0.1) is 0 Å². The zero-order chi connectivity index (χ0) is 38.5. The molecule has 0 saturated carbocycles. The molecule has 0 amide bonds. The normalized spacial score (nSPS) is 13.3. The number of esters is 2. The van der Waals surface area contributed by atoms with Gasteiger partial charge in [-0.1, -0.05) is 134 Å². The van der Waals surface area contributed by atoms with Crippen LogP contribution in [0.4, 0.5) is 0 Å². The van der Waals surface area contributed by atoms with Crippen molar-refractivity contribution in [3.8, 4) is 0 Å².